The maximum Gasteiger partial charge on any atom is 0.373 e. The number of esters is 1. The van der Waals surface area contributed by atoms with Gasteiger partial charge in [0, 0.05) is 0 Å². The van der Waals surface area contributed by atoms with Crippen LogP contribution in [0, 0.1) is 0 Å². The van der Waals surface area contributed by atoms with E-state index >= 15 is 0 Å². The Balaban J connectivity index is 4.15. The largest absolute Gasteiger partial charge is 0.479 e. The second-order valence-electron chi connectivity index (χ2n) is 2.17. The topological polar surface area (TPSA) is 52.6 Å². The SMILES string of the molecule is CCC=C(OCC=O)C(=O)OCC. The third-order valence-electron chi connectivity index (χ3n) is 1.17. The Morgan fingerprint density at radius 1 is 1.31 bits per heavy atom. The molecule has 0 aromatic rings. The molecule has 0 aliphatic heterocycles. The van der Waals surface area contributed by atoms with Crippen molar-refractivity contribution >= 4 is 12.3 Å². The fourth-order valence-corrected chi connectivity index (χ4v) is 0.713. The van der Waals surface area contributed by atoms with Crippen LogP contribution in [0.1, 0.15) is 20.3 Å². The van der Waals surface area contributed by atoms with Crippen molar-refractivity contribution < 1.29 is 19.1 Å². The molecule has 0 aromatic carbocycles. The number of aldehydes is 1. The molecule has 0 fully saturated rings. The first-order valence-electron chi connectivity index (χ1n) is 4.19. The molecule has 0 atom stereocenters. The van der Waals surface area contributed by atoms with Gasteiger partial charge >= 0.3 is 5.97 Å². The number of carbonyl (C=O) groups excluding carboxylic acids is 2. The summed E-state index contributed by atoms with van der Waals surface area (Å²) >= 11 is 0. The van der Waals surface area contributed by atoms with Gasteiger partial charge in [0.1, 0.15) is 6.61 Å². The molecule has 0 aliphatic rings. The van der Waals surface area contributed by atoms with Gasteiger partial charge in [-0.2, -0.15) is 0 Å². The van der Waals surface area contributed by atoms with Crippen molar-refractivity contribution in [3.8, 4) is 0 Å². The first-order chi connectivity index (χ1) is 6.26. The highest BCUT2D eigenvalue weighted by Crippen LogP contribution is 2.01. The van der Waals surface area contributed by atoms with Crippen molar-refractivity contribution in [1.82, 2.24) is 0 Å². The molecular formula is C9H14O4. The predicted molar refractivity (Wildman–Crippen MR) is 47.0 cm³/mol. The molecule has 0 saturated carbocycles. The van der Waals surface area contributed by atoms with Crippen molar-refractivity contribution in [2.75, 3.05) is 13.2 Å². The zero-order valence-corrected chi connectivity index (χ0v) is 7.91. The van der Waals surface area contributed by atoms with Crippen LogP contribution in [0.15, 0.2) is 11.8 Å². The van der Waals surface area contributed by atoms with Crippen LogP contribution in [0.5, 0.6) is 0 Å². The van der Waals surface area contributed by atoms with Gasteiger partial charge in [0.05, 0.1) is 6.61 Å². The second kappa shape index (κ2) is 7.34. The Morgan fingerprint density at radius 2 is 2.00 bits per heavy atom. The number of carbonyl (C=O) groups is 2. The van der Waals surface area contributed by atoms with Crippen LogP contribution >= 0.6 is 0 Å². The van der Waals surface area contributed by atoms with Crippen molar-refractivity contribution in [2.24, 2.45) is 0 Å². The van der Waals surface area contributed by atoms with Gasteiger partial charge in [0.2, 0.25) is 5.76 Å². The van der Waals surface area contributed by atoms with E-state index in [1.165, 1.54) is 0 Å². The Morgan fingerprint density at radius 3 is 2.46 bits per heavy atom. The third-order valence-corrected chi connectivity index (χ3v) is 1.17. The molecule has 0 bridgehead atoms. The fourth-order valence-electron chi connectivity index (χ4n) is 0.713. The van der Waals surface area contributed by atoms with Crippen LogP contribution in [0.2, 0.25) is 0 Å². The number of hydrogen-bond acceptors (Lipinski definition) is 4. The molecule has 74 valence electrons. The highest BCUT2D eigenvalue weighted by Gasteiger charge is 2.10. The van der Waals surface area contributed by atoms with E-state index in [1.54, 1.807) is 13.0 Å². The lowest BCUT2D eigenvalue weighted by Crippen LogP contribution is -2.11. The van der Waals surface area contributed by atoms with E-state index in [4.69, 9.17) is 9.47 Å². The van der Waals surface area contributed by atoms with Gasteiger partial charge in [-0.1, -0.05) is 6.92 Å². The van der Waals surface area contributed by atoms with Gasteiger partial charge in [-0.05, 0) is 19.4 Å². The molecule has 0 rings (SSSR count). The first-order valence-corrected chi connectivity index (χ1v) is 4.19. The number of ether oxygens (including phenoxy) is 2. The zero-order chi connectivity index (χ0) is 10.1. The zero-order valence-electron chi connectivity index (χ0n) is 7.91. The average molecular weight is 186 g/mol. The predicted octanol–water partition coefficient (Wildman–Crippen LogP) is 1.06. The third kappa shape index (κ3) is 5.00. The number of allylic oxidation sites excluding steroid dienone is 1. The number of rotatable bonds is 6. The minimum Gasteiger partial charge on any atom is -0.479 e. The summed E-state index contributed by atoms with van der Waals surface area (Å²) < 4.78 is 9.57. The molecule has 0 heterocycles. The van der Waals surface area contributed by atoms with E-state index in [9.17, 15) is 9.59 Å². The lowest BCUT2D eigenvalue weighted by Gasteiger charge is -2.06. The minimum absolute atomic E-state index is 0.108. The highest BCUT2D eigenvalue weighted by molar-refractivity contribution is 5.86. The average Bonchev–Trinajstić information content (AvgIpc) is 2.12. The Bertz CT molecular complexity index is 196. The van der Waals surface area contributed by atoms with Crippen LogP contribution < -0.4 is 0 Å². The molecule has 0 saturated heterocycles. The van der Waals surface area contributed by atoms with E-state index in [1.807, 2.05) is 6.92 Å². The van der Waals surface area contributed by atoms with E-state index in [0.29, 0.717) is 19.3 Å². The summed E-state index contributed by atoms with van der Waals surface area (Å²) in [4.78, 5) is 21.1. The summed E-state index contributed by atoms with van der Waals surface area (Å²) in [5, 5.41) is 0. The van der Waals surface area contributed by atoms with Gasteiger partial charge in [-0.3, -0.25) is 4.79 Å². The Kier molecular flexibility index (Phi) is 6.59. The second-order valence-corrected chi connectivity index (χ2v) is 2.17. The maximum absolute atomic E-state index is 11.1. The minimum atomic E-state index is -0.522. The quantitative estimate of drug-likeness (QED) is 0.269. The van der Waals surface area contributed by atoms with Crippen LogP contribution in [-0.2, 0) is 19.1 Å². The fraction of sp³-hybridized carbons (Fsp3) is 0.556. The summed E-state index contributed by atoms with van der Waals surface area (Å²) in [5.74, 6) is -0.414. The molecule has 4 nitrogen and oxygen atoms in total. The molecule has 0 aromatic heterocycles. The van der Waals surface area contributed by atoms with Gasteiger partial charge in [0.15, 0.2) is 6.29 Å². The Hall–Kier alpha value is -1.32. The van der Waals surface area contributed by atoms with Crippen LogP contribution in [0.25, 0.3) is 0 Å². The lowest BCUT2D eigenvalue weighted by molar-refractivity contribution is -0.142. The molecule has 0 N–H and O–H groups in total. The summed E-state index contributed by atoms with van der Waals surface area (Å²) in [6.07, 6.45) is 2.83. The summed E-state index contributed by atoms with van der Waals surface area (Å²) in [5.41, 5.74) is 0. The molecule has 0 unspecified atom stereocenters. The smallest absolute Gasteiger partial charge is 0.373 e. The van der Waals surface area contributed by atoms with E-state index < -0.39 is 5.97 Å². The van der Waals surface area contributed by atoms with Crippen molar-refractivity contribution in [3.05, 3.63) is 11.8 Å². The van der Waals surface area contributed by atoms with E-state index in [2.05, 4.69) is 0 Å². The molecule has 0 spiro atoms. The molecule has 0 radical (unpaired) electrons. The standard InChI is InChI=1S/C9H14O4/c1-3-5-8(13-7-6-10)9(11)12-4-2/h5-6H,3-4,7H2,1-2H3. The summed E-state index contributed by atoms with van der Waals surface area (Å²) in [7, 11) is 0. The van der Waals surface area contributed by atoms with Gasteiger partial charge in [-0.15, -0.1) is 0 Å². The van der Waals surface area contributed by atoms with E-state index in [0.717, 1.165) is 0 Å². The first kappa shape index (κ1) is 11.7. The summed E-state index contributed by atoms with van der Waals surface area (Å²) in [6.45, 7) is 3.75. The normalized spacial score (nSPS) is 10.8. The summed E-state index contributed by atoms with van der Waals surface area (Å²) in [6, 6.07) is 0. The van der Waals surface area contributed by atoms with Crippen molar-refractivity contribution in [3.63, 3.8) is 0 Å². The highest BCUT2D eigenvalue weighted by atomic mass is 16.6. The molecule has 0 aliphatic carbocycles. The van der Waals surface area contributed by atoms with Gasteiger partial charge < -0.3 is 9.47 Å². The maximum atomic E-state index is 11.1. The van der Waals surface area contributed by atoms with Gasteiger partial charge in [0.25, 0.3) is 0 Å². The van der Waals surface area contributed by atoms with Crippen LogP contribution in [0.4, 0.5) is 0 Å². The molecule has 13 heavy (non-hydrogen) atoms. The van der Waals surface area contributed by atoms with Crippen molar-refractivity contribution in [1.29, 1.82) is 0 Å². The van der Waals surface area contributed by atoms with E-state index in [-0.39, 0.29) is 12.4 Å². The lowest BCUT2D eigenvalue weighted by atomic mass is 10.4. The van der Waals surface area contributed by atoms with Crippen LogP contribution in [0.3, 0.4) is 0 Å². The molecule has 0 amide bonds. The monoisotopic (exact) mass is 186 g/mol. The van der Waals surface area contributed by atoms with Crippen molar-refractivity contribution in [2.45, 2.75) is 20.3 Å². The number of hydrogen-bond donors (Lipinski definition) is 0. The van der Waals surface area contributed by atoms with Gasteiger partial charge in [-0.25, -0.2) is 4.79 Å². The van der Waals surface area contributed by atoms with Crippen LogP contribution in [-0.4, -0.2) is 25.5 Å². The molecular weight excluding hydrogens is 172 g/mol. The molecule has 4 heteroatoms. The Labute approximate surface area is 77.5 Å².